The molecule has 6 nitrogen and oxygen atoms in total. The van der Waals surface area contributed by atoms with Crippen LogP contribution in [0.15, 0.2) is 54.6 Å². The molecule has 0 aliphatic heterocycles. The van der Waals surface area contributed by atoms with Crippen molar-refractivity contribution in [3.63, 3.8) is 0 Å². The average molecular weight is 356 g/mol. The maximum atomic E-state index is 11.8. The second kappa shape index (κ2) is 10.2. The third-order valence-corrected chi connectivity index (χ3v) is 3.63. The lowest BCUT2D eigenvalue weighted by Crippen LogP contribution is -3.04. The maximum Gasteiger partial charge on any atom is 0.258 e. The highest BCUT2D eigenvalue weighted by atomic mass is 16.5. The van der Waals surface area contributed by atoms with Gasteiger partial charge in [-0.1, -0.05) is 42.5 Å². The summed E-state index contributed by atoms with van der Waals surface area (Å²) in [6.07, 6.45) is 0. The van der Waals surface area contributed by atoms with Crippen LogP contribution in [0.5, 0.6) is 5.75 Å². The molecule has 0 aliphatic rings. The Kier molecular flexibility index (Phi) is 7.64. The summed E-state index contributed by atoms with van der Waals surface area (Å²) in [5.74, 6) is 0.0471. The number of nitrogens with one attached hydrogen (secondary N) is 3. The van der Waals surface area contributed by atoms with Crippen molar-refractivity contribution in [3.05, 3.63) is 65.7 Å². The van der Waals surface area contributed by atoms with Gasteiger partial charge in [-0.25, -0.2) is 0 Å². The third-order valence-electron chi connectivity index (χ3n) is 3.63. The monoisotopic (exact) mass is 356 g/mol. The Morgan fingerprint density at radius 2 is 1.54 bits per heavy atom. The molecular formula is C20H26N3O3+. The lowest BCUT2D eigenvalue weighted by Gasteiger charge is -2.10. The first kappa shape index (κ1) is 19.5. The predicted molar refractivity (Wildman–Crippen MR) is 99.8 cm³/mol. The lowest BCUT2D eigenvalue weighted by molar-refractivity contribution is -0.872. The predicted octanol–water partition coefficient (Wildman–Crippen LogP) is 0.143. The molecule has 6 heteroatoms. The van der Waals surface area contributed by atoms with Crippen molar-refractivity contribution < 1.29 is 19.2 Å². The maximum absolute atomic E-state index is 11.8. The second-order valence-corrected chi connectivity index (χ2v) is 6.36. The minimum Gasteiger partial charge on any atom is -0.484 e. The summed E-state index contributed by atoms with van der Waals surface area (Å²) in [4.78, 5) is 24.9. The zero-order valence-corrected chi connectivity index (χ0v) is 15.2. The molecule has 0 saturated carbocycles. The highest BCUT2D eigenvalue weighted by molar-refractivity contribution is 5.85. The van der Waals surface area contributed by atoms with Gasteiger partial charge in [0.15, 0.2) is 6.61 Å². The van der Waals surface area contributed by atoms with Gasteiger partial charge in [-0.15, -0.1) is 0 Å². The Morgan fingerprint density at radius 3 is 2.19 bits per heavy atom. The van der Waals surface area contributed by atoms with Crippen LogP contribution in [-0.4, -0.2) is 39.1 Å². The molecule has 0 heterocycles. The van der Waals surface area contributed by atoms with E-state index in [0.717, 1.165) is 12.1 Å². The van der Waals surface area contributed by atoms with Crippen LogP contribution in [-0.2, 0) is 22.7 Å². The highest BCUT2D eigenvalue weighted by Gasteiger charge is 2.06. The first-order valence-electron chi connectivity index (χ1n) is 8.61. The number of hydrogen-bond donors (Lipinski definition) is 3. The Balaban J connectivity index is 1.64. The van der Waals surface area contributed by atoms with Crippen LogP contribution < -0.4 is 20.3 Å². The van der Waals surface area contributed by atoms with E-state index in [9.17, 15) is 9.59 Å². The Labute approximate surface area is 154 Å². The van der Waals surface area contributed by atoms with E-state index in [1.165, 1.54) is 10.5 Å². The SMILES string of the molecule is C[NH+](C)Cc1ccc(CNC(=O)CNC(=O)COc2ccccc2)cc1. The molecule has 0 spiro atoms. The Bertz CT molecular complexity index is 700. The van der Waals surface area contributed by atoms with E-state index < -0.39 is 0 Å². The number of benzene rings is 2. The van der Waals surface area contributed by atoms with Crippen molar-refractivity contribution in [1.29, 1.82) is 0 Å². The molecule has 0 bridgehead atoms. The van der Waals surface area contributed by atoms with E-state index >= 15 is 0 Å². The average Bonchev–Trinajstić information content (AvgIpc) is 2.64. The van der Waals surface area contributed by atoms with E-state index in [0.29, 0.717) is 12.3 Å². The van der Waals surface area contributed by atoms with Gasteiger partial charge in [0.1, 0.15) is 12.3 Å². The molecule has 0 unspecified atom stereocenters. The molecule has 0 saturated heterocycles. The summed E-state index contributed by atoms with van der Waals surface area (Å²) in [7, 11) is 4.21. The molecule has 0 aliphatic carbocycles. The highest BCUT2D eigenvalue weighted by Crippen LogP contribution is 2.07. The van der Waals surface area contributed by atoms with Crippen molar-refractivity contribution in [2.75, 3.05) is 27.2 Å². The van der Waals surface area contributed by atoms with Gasteiger partial charge in [0.2, 0.25) is 5.91 Å². The molecule has 26 heavy (non-hydrogen) atoms. The van der Waals surface area contributed by atoms with Gasteiger partial charge in [0, 0.05) is 12.1 Å². The zero-order chi connectivity index (χ0) is 18.8. The van der Waals surface area contributed by atoms with E-state index in [1.807, 2.05) is 30.3 Å². The number of para-hydroxylation sites is 1. The quantitative estimate of drug-likeness (QED) is 0.599. The zero-order valence-electron chi connectivity index (χ0n) is 15.2. The molecule has 0 radical (unpaired) electrons. The van der Waals surface area contributed by atoms with E-state index in [1.54, 1.807) is 12.1 Å². The number of ether oxygens (including phenoxy) is 1. The molecule has 2 aromatic rings. The fraction of sp³-hybridized carbons (Fsp3) is 0.300. The Hall–Kier alpha value is -2.86. The van der Waals surface area contributed by atoms with Crippen molar-refractivity contribution in [1.82, 2.24) is 10.6 Å². The molecule has 138 valence electrons. The Morgan fingerprint density at radius 1 is 0.885 bits per heavy atom. The molecule has 3 N–H and O–H groups in total. The summed E-state index contributed by atoms with van der Waals surface area (Å²) in [6, 6.07) is 17.2. The van der Waals surface area contributed by atoms with Crippen molar-refractivity contribution >= 4 is 11.8 Å². The minimum absolute atomic E-state index is 0.0704. The summed E-state index contributed by atoms with van der Waals surface area (Å²) in [6.45, 7) is 1.21. The van der Waals surface area contributed by atoms with Gasteiger partial charge < -0.3 is 20.3 Å². The lowest BCUT2D eigenvalue weighted by atomic mass is 10.1. The van der Waals surface area contributed by atoms with Crippen LogP contribution in [0.2, 0.25) is 0 Å². The number of carbonyl (C=O) groups is 2. The second-order valence-electron chi connectivity index (χ2n) is 6.36. The van der Waals surface area contributed by atoms with E-state index in [-0.39, 0.29) is 25.0 Å². The fourth-order valence-corrected chi connectivity index (χ4v) is 2.34. The van der Waals surface area contributed by atoms with Gasteiger partial charge in [0.25, 0.3) is 5.91 Å². The topological polar surface area (TPSA) is 71.9 Å². The molecule has 0 atom stereocenters. The molecule has 0 aromatic heterocycles. The number of quaternary nitrogens is 1. The first-order valence-corrected chi connectivity index (χ1v) is 8.61. The normalized spacial score (nSPS) is 10.4. The van der Waals surface area contributed by atoms with Crippen LogP contribution >= 0.6 is 0 Å². The number of hydrogen-bond acceptors (Lipinski definition) is 3. The van der Waals surface area contributed by atoms with Crippen LogP contribution in [0.25, 0.3) is 0 Å². The number of carbonyl (C=O) groups excluding carboxylic acids is 2. The van der Waals surface area contributed by atoms with Gasteiger partial charge in [0.05, 0.1) is 20.6 Å². The molecule has 2 rings (SSSR count). The van der Waals surface area contributed by atoms with Crippen LogP contribution in [0.1, 0.15) is 11.1 Å². The summed E-state index contributed by atoms with van der Waals surface area (Å²) in [5, 5.41) is 5.33. The van der Waals surface area contributed by atoms with Gasteiger partial charge in [-0.3, -0.25) is 9.59 Å². The first-order chi connectivity index (χ1) is 12.5. The van der Waals surface area contributed by atoms with E-state index in [2.05, 4.69) is 36.9 Å². The van der Waals surface area contributed by atoms with Crippen molar-refractivity contribution in [3.8, 4) is 5.75 Å². The molecular weight excluding hydrogens is 330 g/mol. The van der Waals surface area contributed by atoms with Crippen LogP contribution in [0, 0.1) is 0 Å². The van der Waals surface area contributed by atoms with Crippen LogP contribution in [0.3, 0.4) is 0 Å². The number of rotatable bonds is 9. The number of amides is 2. The smallest absolute Gasteiger partial charge is 0.258 e. The molecule has 0 fully saturated rings. The third kappa shape index (κ3) is 7.36. The largest absolute Gasteiger partial charge is 0.484 e. The molecule has 2 amide bonds. The van der Waals surface area contributed by atoms with Crippen molar-refractivity contribution in [2.24, 2.45) is 0 Å². The van der Waals surface area contributed by atoms with Gasteiger partial charge in [-0.05, 0) is 17.7 Å². The van der Waals surface area contributed by atoms with Crippen molar-refractivity contribution in [2.45, 2.75) is 13.1 Å². The summed E-state index contributed by atoms with van der Waals surface area (Å²) >= 11 is 0. The molecule has 2 aromatic carbocycles. The fourth-order valence-electron chi connectivity index (χ4n) is 2.34. The summed E-state index contributed by atoms with van der Waals surface area (Å²) in [5.41, 5.74) is 2.28. The van der Waals surface area contributed by atoms with Gasteiger partial charge >= 0.3 is 0 Å². The van der Waals surface area contributed by atoms with E-state index in [4.69, 9.17) is 4.74 Å². The minimum atomic E-state index is -0.334. The summed E-state index contributed by atoms with van der Waals surface area (Å²) < 4.78 is 5.32. The van der Waals surface area contributed by atoms with Crippen LogP contribution in [0.4, 0.5) is 0 Å². The van der Waals surface area contributed by atoms with Gasteiger partial charge in [-0.2, -0.15) is 0 Å². The standard InChI is InChI=1S/C20H25N3O3/c1-23(2)14-17-10-8-16(9-11-17)12-21-19(24)13-22-20(25)15-26-18-6-4-3-5-7-18/h3-11H,12-15H2,1-2H3,(H,21,24)(H,22,25)/p+1.